The molecule has 0 spiro atoms. The van der Waals surface area contributed by atoms with Gasteiger partial charge in [-0.1, -0.05) is 12.5 Å². The van der Waals surface area contributed by atoms with Crippen molar-refractivity contribution in [1.29, 1.82) is 0 Å². The lowest BCUT2D eigenvalue weighted by molar-refractivity contribution is 0.218. The lowest BCUT2D eigenvalue weighted by atomic mass is 10.1. The summed E-state index contributed by atoms with van der Waals surface area (Å²) in [6, 6.07) is 8.44. The van der Waals surface area contributed by atoms with E-state index >= 15 is 0 Å². The molecule has 5 nitrogen and oxygen atoms in total. The van der Waals surface area contributed by atoms with Crippen molar-refractivity contribution in [2.24, 2.45) is 7.05 Å². The number of rotatable bonds is 6. The van der Waals surface area contributed by atoms with Crippen molar-refractivity contribution in [1.82, 2.24) is 14.7 Å². The van der Waals surface area contributed by atoms with Crippen molar-refractivity contribution in [2.75, 3.05) is 25.5 Å². The number of nitrogens with zero attached hydrogens (tertiary/aromatic N) is 3. The minimum Gasteiger partial charge on any atom is -0.496 e. The minimum absolute atomic E-state index is 0.772. The van der Waals surface area contributed by atoms with E-state index in [4.69, 9.17) is 4.74 Å². The topological polar surface area (TPSA) is 42.3 Å². The highest BCUT2D eigenvalue weighted by Gasteiger charge is 2.13. The summed E-state index contributed by atoms with van der Waals surface area (Å²) in [5.41, 5.74) is 2.53. The molecule has 0 aliphatic carbocycles. The van der Waals surface area contributed by atoms with Crippen LogP contribution in [0.3, 0.4) is 0 Å². The molecule has 1 aliphatic rings. The van der Waals surface area contributed by atoms with Gasteiger partial charge in [-0.3, -0.25) is 9.58 Å². The molecule has 1 fully saturated rings. The van der Waals surface area contributed by atoms with Crippen molar-refractivity contribution in [3.8, 4) is 5.75 Å². The Kier molecular flexibility index (Phi) is 5.18. The van der Waals surface area contributed by atoms with Gasteiger partial charge >= 0.3 is 0 Å². The second kappa shape index (κ2) is 7.51. The third-order valence-electron chi connectivity index (χ3n) is 4.37. The first-order valence-electron chi connectivity index (χ1n) is 8.36. The molecule has 0 amide bonds. The SMILES string of the molecule is COc1ccc(CNc2ccn(C)n2)cc1CN1CCCCC1. The van der Waals surface area contributed by atoms with E-state index in [1.165, 1.54) is 43.5 Å². The maximum atomic E-state index is 5.55. The van der Waals surface area contributed by atoms with Gasteiger partial charge in [0, 0.05) is 38.0 Å². The van der Waals surface area contributed by atoms with Gasteiger partial charge in [-0.05, 0) is 43.6 Å². The van der Waals surface area contributed by atoms with Gasteiger partial charge in [0.1, 0.15) is 11.6 Å². The van der Waals surface area contributed by atoms with Crippen LogP contribution in [0.1, 0.15) is 30.4 Å². The van der Waals surface area contributed by atoms with Gasteiger partial charge < -0.3 is 10.1 Å². The van der Waals surface area contributed by atoms with Crippen molar-refractivity contribution in [2.45, 2.75) is 32.4 Å². The molecule has 23 heavy (non-hydrogen) atoms. The molecule has 0 bridgehead atoms. The first-order valence-corrected chi connectivity index (χ1v) is 8.36. The fourth-order valence-electron chi connectivity index (χ4n) is 3.13. The Morgan fingerprint density at radius 1 is 1.17 bits per heavy atom. The fourth-order valence-corrected chi connectivity index (χ4v) is 3.13. The Hall–Kier alpha value is -2.01. The standard InChI is InChI=1S/C18H26N4O/c1-21-11-8-18(20-21)19-13-15-6-7-17(23-2)16(12-15)14-22-9-4-3-5-10-22/h6-8,11-12H,3-5,9-10,13-14H2,1-2H3,(H,19,20). The average Bonchev–Trinajstić information content (AvgIpc) is 3.00. The Morgan fingerprint density at radius 2 is 2.00 bits per heavy atom. The first-order chi connectivity index (χ1) is 11.2. The normalized spacial score (nSPS) is 15.6. The van der Waals surface area contributed by atoms with Crippen molar-refractivity contribution < 1.29 is 4.74 Å². The molecular weight excluding hydrogens is 288 g/mol. The second-order valence-electron chi connectivity index (χ2n) is 6.21. The van der Waals surface area contributed by atoms with Crippen LogP contribution in [-0.2, 0) is 20.1 Å². The number of aromatic nitrogens is 2. The molecule has 1 aliphatic heterocycles. The van der Waals surface area contributed by atoms with E-state index in [0.717, 1.165) is 24.7 Å². The van der Waals surface area contributed by atoms with Crippen LogP contribution in [-0.4, -0.2) is 34.9 Å². The number of aryl methyl sites for hydroxylation is 1. The summed E-state index contributed by atoms with van der Waals surface area (Å²) in [5.74, 6) is 1.89. The number of hydrogen-bond acceptors (Lipinski definition) is 4. The molecule has 1 N–H and O–H groups in total. The van der Waals surface area contributed by atoms with Crippen LogP contribution < -0.4 is 10.1 Å². The highest BCUT2D eigenvalue weighted by Crippen LogP contribution is 2.23. The Labute approximate surface area is 138 Å². The molecule has 1 aromatic heterocycles. The molecule has 1 aromatic carbocycles. The van der Waals surface area contributed by atoms with Gasteiger partial charge in [0.05, 0.1) is 7.11 Å². The largest absolute Gasteiger partial charge is 0.496 e. The molecule has 0 unspecified atom stereocenters. The summed E-state index contributed by atoms with van der Waals surface area (Å²) < 4.78 is 7.35. The number of piperidine rings is 1. The van der Waals surface area contributed by atoms with Gasteiger partial charge in [0.25, 0.3) is 0 Å². The zero-order valence-corrected chi connectivity index (χ0v) is 14.1. The van der Waals surface area contributed by atoms with Gasteiger partial charge in [0.15, 0.2) is 0 Å². The van der Waals surface area contributed by atoms with Gasteiger partial charge in [0.2, 0.25) is 0 Å². The van der Waals surface area contributed by atoms with Crippen LogP contribution in [0, 0.1) is 0 Å². The number of likely N-dealkylation sites (tertiary alicyclic amines) is 1. The smallest absolute Gasteiger partial charge is 0.148 e. The van der Waals surface area contributed by atoms with E-state index in [1.54, 1.807) is 11.8 Å². The number of nitrogens with one attached hydrogen (secondary N) is 1. The van der Waals surface area contributed by atoms with Crippen LogP contribution in [0.25, 0.3) is 0 Å². The Morgan fingerprint density at radius 3 is 2.70 bits per heavy atom. The molecule has 0 atom stereocenters. The minimum atomic E-state index is 0.772. The molecule has 5 heteroatoms. The van der Waals surface area contributed by atoms with E-state index in [9.17, 15) is 0 Å². The van der Waals surface area contributed by atoms with Crippen LogP contribution in [0.5, 0.6) is 5.75 Å². The van der Waals surface area contributed by atoms with Crippen molar-refractivity contribution in [3.05, 3.63) is 41.6 Å². The molecule has 1 saturated heterocycles. The summed E-state index contributed by atoms with van der Waals surface area (Å²) in [4.78, 5) is 2.53. The lowest BCUT2D eigenvalue weighted by Gasteiger charge is -2.27. The van der Waals surface area contributed by atoms with Gasteiger partial charge in [-0.2, -0.15) is 5.10 Å². The molecule has 124 valence electrons. The predicted molar refractivity (Wildman–Crippen MR) is 92.7 cm³/mol. The zero-order chi connectivity index (χ0) is 16.1. The third kappa shape index (κ3) is 4.26. The number of anilines is 1. The monoisotopic (exact) mass is 314 g/mol. The first kappa shape index (κ1) is 15.9. The molecule has 0 saturated carbocycles. The summed E-state index contributed by atoms with van der Waals surface area (Å²) in [6.07, 6.45) is 5.92. The van der Waals surface area contributed by atoms with E-state index in [2.05, 4.69) is 33.5 Å². The van der Waals surface area contributed by atoms with E-state index in [0.29, 0.717) is 0 Å². The van der Waals surface area contributed by atoms with Crippen molar-refractivity contribution >= 4 is 5.82 Å². The average molecular weight is 314 g/mol. The van der Waals surface area contributed by atoms with Gasteiger partial charge in [-0.15, -0.1) is 0 Å². The summed E-state index contributed by atoms with van der Waals surface area (Å²) in [5, 5.41) is 7.71. The number of methoxy groups -OCH3 is 1. The maximum absolute atomic E-state index is 5.55. The highest BCUT2D eigenvalue weighted by atomic mass is 16.5. The summed E-state index contributed by atoms with van der Waals surface area (Å²) >= 11 is 0. The van der Waals surface area contributed by atoms with E-state index in [1.807, 2.05) is 19.3 Å². The van der Waals surface area contributed by atoms with Crippen LogP contribution in [0.4, 0.5) is 5.82 Å². The molecule has 3 rings (SSSR count). The second-order valence-corrected chi connectivity index (χ2v) is 6.21. The van der Waals surface area contributed by atoms with Crippen molar-refractivity contribution in [3.63, 3.8) is 0 Å². The van der Waals surface area contributed by atoms with Crippen LogP contribution >= 0.6 is 0 Å². The third-order valence-corrected chi connectivity index (χ3v) is 4.37. The predicted octanol–water partition coefficient (Wildman–Crippen LogP) is 3.03. The quantitative estimate of drug-likeness (QED) is 0.890. The number of ether oxygens (including phenoxy) is 1. The van der Waals surface area contributed by atoms with Crippen LogP contribution in [0.2, 0.25) is 0 Å². The van der Waals surface area contributed by atoms with Gasteiger partial charge in [-0.25, -0.2) is 0 Å². The molecule has 2 aromatic rings. The van der Waals surface area contributed by atoms with Crippen LogP contribution in [0.15, 0.2) is 30.5 Å². The lowest BCUT2D eigenvalue weighted by Crippen LogP contribution is -2.29. The highest BCUT2D eigenvalue weighted by molar-refractivity contribution is 5.40. The summed E-state index contributed by atoms with van der Waals surface area (Å²) in [7, 11) is 3.68. The van der Waals surface area contributed by atoms with E-state index in [-0.39, 0.29) is 0 Å². The fraction of sp³-hybridized carbons (Fsp3) is 0.500. The number of hydrogen-bond donors (Lipinski definition) is 1. The van der Waals surface area contributed by atoms with E-state index < -0.39 is 0 Å². The molecule has 0 radical (unpaired) electrons. The molecular formula is C18H26N4O. The summed E-state index contributed by atoms with van der Waals surface area (Å²) in [6.45, 7) is 4.13. The molecule has 2 heterocycles. The zero-order valence-electron chi connectivity index (χ0n) is 14.1. The Balaban J connectivity index is 1.67. The maximum Gasteiger partial charge on any atom is 0.148 e. The Bertz CT molecular complexity index is 632. The number of benzene rings is 1.